The molecule has 0 fully saturated rings. The number of hydrogen-bond donors (Lipinski definition) is 2. The lowest BCUT2D eigenvalue weighted by atomic mass is 9.77. The second-order valence-electron chi connectivity index (χ2n) is 10.00. The van der Waals surface area contributed by atoms with Gasteiger partial charge in [-0.2, -0.15) is 20.5 Å². The van der Waals surface area contributed by atoms with Crippen molar-refractivity contribution in [2.45, 2.75) is 26.2 Å². The molecule has 2 aromatic heterocycles. The van der Waals surface area contributed by atoms with Crippen molar-refractivity contribution in [1.82, 2.24) is 30.6 Å². The summed E-state index contributed by atoms with van der Waals surface area (Å²) < 4.78 is 0. The molecule has 0 spiro atoms. The summed E-state index contributed by atoms with van der Waals surface area (Å²) in [6.45, 7) is 6.80. The lowest BCUT2D eigenvalue weighted by molar-refractivity contribution is 0.592. The summed E-state index contributed by atoms with van der Waals surface area (Å²) >= 11 is 0. The highest BCUT2D eigenvalue weighted by atomic mass is 15.3. The Hall–Kier alpha value is -4.84. The van der Waals surface area contributed by atoms with E-state index in [1.54, 1.807) is 18.7 Å². The Morgan fingerprint density at radius 3 is 1.68 bits per heavy atom. The van der Waals surface area contributed by atoms with Gasteiger partial charge in [0.25, 0.3) is 0 Å². The zero-order valence-corrected chi connectivity index (χ0v) is 21.8. The average Bonchev–Trinajstić information content (AvgIpc) is 3.71. The van der Waals surface area contributed by atoms with Gasteiger partial charge in [0, 0.05) is 5.56 Å². The normalized spacial score (nSPS) is 11.0. The predicted molar refractivity (Wildman–Crippen MR) is 153 cm³/mol. The van der Waals surface area contributed by atoms with E-state index in [9.17, 15) is 0 Å². The predicted octanol–water partition coefficient (Wildman–Crippen LogP) is 7.57. The Kier molecular flexibility index (Phi) is 7.22. The summed E-state index contributed by atoms with van der Waals surface area (Å²) in [6, 6.07) is 34.5. The molecule has 188 valence electrons. The molecule has 6 heteroatoms. The number of benzene rings is 4. The largest absolute Gasteiger partial charge is 0.259 e. The van der Waals surface area contributed by atoms with E-state index in [0.717, 1.165) is 11.4 Å². The first kappa shape index (κ1) is 24.8. The molecule has 6 rings (SSSR count). The Morgan fingerprint density at radius 1 is 0.579 bits per heavy atom. The molecule has 6 nitrogen and oxygen atoms in total. The smallest absolute Gasteiger partial charge is 0.155 e. The molecular formula is C32H30N6. The average molecular weight is 499 g/mol. The third-order valence-electron chi connectivity index (χ3n) is 6.33. The molecule has 38 heavy (non-hydrogen) atoms. The number of hydrogen-bond acceptors (Lipinski definition) is 4. The van der Waals surface area contributed by atoms with E-state index in [1.165, 1.54) is 38.9 Å². The number of H-pyrrole nitrogens is 2. The van der Waals surface area contributed by atoms with E-state index in [-0.39, 0.29) is 5.41 Å². The Labute approximate surface area is 222 Å². The highest BCUT2D eigenvalue weighted by Crippen LogP contribution is 2.43. The monoisotopic (exact) mass is 498 g/mol. The minimum atomic E-state index is -0.0556. The lowest BCUT2D eigenvalue weighted by Crippen LogP contribution is -2.14. The standard InChI is InChI=1S/C30H27N3.C2H3N3/c1-30(2,3)27-19-25(29-31-20-32-33-29)18-26(28(27)24-12-8-5-9-13-24)23-16-14-22(15-17-23)21-10-6-4-7-11-21;1-2-4-5-3-1/h4-20H,1-3H3,(H,31,32,33);1-2H,(H,3,4,5). The van der Waals surface area contributed by atoms with Crippen LogP contribution in [0, 0.1) is 0 Å². The molecule has 0 bridgehead atoms. The van der Waals surface area contributed by atoms with Crippen LogP contribution in [0.1, 0.15) is 26.3 Å². The lowest BCUT2D eigenvalue weighted by Gasteiger charge is -2.27. The summed E-state index contributed by atoms with van der Waals surface area (Å²) in [5.74, 6) is 0.780. The Bertz CT molecular complexity index is 1530. The van der Waals surface area contributed by atoms with Crippen LogP contribution in [0.2, 0.25) is 0 Å². The molecule has 0 aliphatic carbocycles. The molecule has 6 aromatic rings. The third kappa shape index (κ3) is 5.60. The number of nitrogens with zero attached hydrogens (tertiary/aromatic N) is 4. The van der Waals surface area contributed by atoms with Crippen molar-refractivity contribution < 1.29 is 0 Å². The number of aromatic amines is 2. The highest BCUT2D eigenvalue weighted by Gasteiger charge is 2.24. The second kappa shape index (κ2) is 11.0. The molecule has 0 saturated carbocycles. The van der Waals surface area contributed by atoms with E-state index in [1.807, 2.05) is 6.07 Å². The molecular weight excluding hydrogens is 468 g/mol. The van der Waals surface area contributed by atoms with Crippen LogP contribution < -0.4 is 0 Å². The van der Waals surface area contributed by atoms with Crippen LogP contribution in [0.15, 0.2) is 116 Å². The van der Waals surface area contributed by atoms with Crippen LogP contribution in [0.3, 0.4) is 0 Å². The van der Waals surface area contributed by atoms with Crippen molar-refractivity contribution in [1.29, 1.82) is 0 Å². The maximum absolute atomic E-state index is 4.43. The summed E-state index contributed by atoms with van der Waals surface area (Å²) in [7, 11) is 0. The Morgan fingerprint density at radius 2 is 1.16 bits per heavy atom. The quantitative estimate of drug-likeness (QED) is 0.262. The molecule has 0 aliphatic heterocycles. The van der Waals surface area contributed by atoms with Gasteiger partial charge in [0.2, 0.25) is 0 Å². The van der Waals surface area contributed by atoms with Gasteiger partial charge in [0.15, 0.2) is 5.82 Å². The first-order chi connectivity index (χ1) is 18.5. The summed E-state index contributed by atoms with van der Waals surface area (Å²) in [5, 5.41) is 16.5. The van der Waals surface area contributed by atoms with E-state index >= 15 is 0 Å². The fraction of sp³-hybridized carbons (Fsp3) is 0.125. The van der Waals surface area contributed by atoms with Gasteiger partial charge in [-0.3, -0.25) is 5.10 Å². The molecule has 4 aromatic carbocycles. The molecule has 2 heterocycles. The molecule has 2 N–H and O–H groups in total. The van der Waals surface area contributed by atoms with E-state index < -0.39 is 0 Å². The zero-order chi connectivity index (χ0) is 26.4. The van der Waals surface area contributed by atoms with Crippen molar-refractivity contribution in [3.8, 4) is 44.8 Å². The van der Waals surface area contributed by atoms with Crippen molar-refractivity contribution in [3.63, 3.8) is 0 Å². The minimum Gasteiger partial charge on any atom is -0.259 e. The van der Waals surface area contributed by atoms with Crippen LogP contribution in [0.4, 0.5) is 0 Å². The van der Waals surface area contributed by atoms with Gasteiger partial charge in [-0.1, -0.05) is 106 Å². The summed E-state index contributed by atoms with van der Waals surface area (Å²) in [5.41, 5.74) is 9.55. The van der Waals surface area contributed by atoms with Crippen molar-refractivity contribution in [2.75, 3.05) is 0 Å². The molecule has 0 unspecified atom stereocenters. The SMILES string of the molecule is CC(C)(C)c1cc(-c2ncn[nH]2)cc(-c2ccc(-c3ccccc3)cc2)c1-c1ccccc1.c1cn[nH]n1. The maximum Gasteiger partial charge on any atom is 0.155 e. The van der Waals surface area contributed by atoms with Gasteiger partial charge in [-0.05, 0) is 56.5 Å². The number of rotatable bonds is 4. The van der Waals surface area contributed by atoms with Crippen molar-refractivity contribution >= 4 is 0 Å². The van der Waals surface area contributed by atoms with Crippen molar-refractivity contribution in [3.05, 3.63) is 121 Å². The Balaban J connectivity index is 0.000000529. The fourth-order valence-corrected chi connectivity index (χ4v) is 4.50. The van der Waals surface area contributed by atoms with Gasteiger partial charge in [-0.25, -0.2) is 4.98 Å². The number of nitrogens with one attached hydrogen (secondary N) is 2. The van der Waals surface area contributed by atoms with Gasteiger partial charge >= 0.3 is 0 Å². The maximum atomic E-state index is 4.43. The fourth-order valence-electron chi connectivity index (χ4n) is 4.50. The van der Waals surface area contributed by atoms with Gasteiger partial charge in [0.1, 0.15) is 6.33 Å². The van der Waals surface area contributed by atoms with E-state index in [2.05, 4.69) is 142 Å². The van der Waals surface area contributed by atoms with Crippen LogP contribution in [0.5, 0.6) is 0 Å². The molecule has 0 radical (unpaired) electrons. The van der Waals surface area contributed by atoms with E-state index in [0.29, 0.717) is 0 Å². The topological polar surface area (TPSA) is 83.1 Å². The second-order valence-corrected chi connectivity index (χ2v) is 10.00. The summed E-state index contributed by atoms with van der Waals surface area (Å²) in [4.78, 5) is 4.43. The summed E-state index contributed by atoms with van der Waals surface area (Å²) in [6.07, 6.45) is 4.73. The van der Waals surface area contributed by atoms with Crippen LogP contribution in [-0.2, 0) is 5.41 Å². The number of aromatic nitrogens is 6. The van der Waals surface area contributed by atoms with Crippen LogP contribution in [0.25, 0.3) is 44.8 Å². The molecule has 0 atom stereocenters. The van der Waals surface area contributed by atoms with Gasteiger partial charge < -0.3 is 0 Å². The third-order valence-corrected chi connectivity index (χ3v) is 6.33. The van der Waals surface area contributed by atoms with Crippen LogP contribution >= 0.6 is 0 Å². The van der Waals surface area contributed by atoms with Gasteiger partial charge in [0.05, 0.1) is 12.4 Å². The van der Waals surface area contributed by atoms with Gasteiger partial charge in [-0.15, -0.1) is 0 Å². The first-order valence-corrected chi connectivity index (χ1v) is 12.6. The molecule has 0 saturated heterocycles. The zero-order valence-electron chi connectivity index (χ0n) is 21.8. The minimum absolute atomic E-state index is 0.0556. The molecule has 0 aliphatic rings. The first-order valence-electron chi connectivity index (χ1n) is 12.6. The molecule has 0 amide bonds. The highest BCUT2D eigenvalue weighted by molar-refractivity contribution is 5.90. The van der Waals surface area contributed by atoms with Crippen molar-refractivity contribution in [2.24, 2.45) is 0 Å². The van der Waals surface area contributed by atoms with E-state index in [4.69, 9.17) is 0 Å². The van der Waals surface area contributed by atoms with Crippen LogP contribution in [-0.4, -0.2) is 30.6 Å².